The van der Waals surface area contributed by atoms with Crippen molar-refractivity contribution in [2.45, 2.75) is 52.6 Å². The fraction of sp³-hybridized carbons (Fsp3) is 0.423. The molecule has 37 heavy (non-hydrogen) atoms. The van der Waals surface area contributed by atoms with Gasteiger partial charge in [-0.25, -0.2) is 4.79 Å². The molecule has 1 atom stereocenters. The Bertz CT molecular complexity index is 1130. The minimum atomic E-state index is -0.976. The number of aromatic nitrogens is 4. The molecular formula is C26H35N7O4. The first-order valence-corrected chi connectivity index (χ1v) is 12.1. The van der Waals surface area contributed by atoms with E-state index in [9.17, 15) is 19.6 Å². The Balaban J connectivity index is 0.000000877. The highest BCUT2D eigenvalue weighted by Crippen LogP contribution is 2.30. The summed E-state index contributed by atoms with van der Waals surface area (Å²) in [4.78, 5) is 35.5. The molecule has 3 aromatic rings. The van der Waals surface area contributed by atoms with Gasteiger partial charge in [-0.3, -0.25) is 9.80 Å². The zero-order chi connectivity index (χ0) is 27.4. The first kappa shape index (κ1) is 29.1. The third-order valence-electron chi connectivity index (χ3n) is 5.58. The topological polar surface area (TPSA) is 145 Å². The number of nitrogens with one attached hydrogen (secondary N) is 1. The van der Waals surface area contributed by atoms with Crippen LogP contribution in [0.2, 0.25) is 0 Å². The molecule has 0 bridgehead atoms. The predicted molar refractivity (Wildman–Crippen MR) is 141 cm³/mol. The fourth-order valence-corrected chi connectivity index (χ4v) is 3.78. The van der Waals surface area contributed by atoms with E-state index in [0.29, 0.717) is 12.2 Å². The lowest BCUT2D eigenvalue weighted by atomic mass is 9.97. The zero-order valence-electron chi connectivity index (χ0n) is 22.0. The number of tetrazole rings is 1. The third-order valence-corrected chi connectivity index (χ3v) is 5.58. The maximum absolute atomic E-state index is 12.9. The van der Waals surface area contributed by atoms with E-state index in [2.05, 4.69) is 25.9 Å². The van der Waals surface area contributed by atoms with Crippen LogP contribution in [0.4, 0.5) is 0 Å². The van der Waals surface area contributed by atoms with Gasteiger partial charge in [-0.1, -0.05) is 75.7 Å². The van der Waals surface area contributed by atoms with Crippen LogP contribution >= 0.6 is 0 Å². The van der Waals surface area contributed by atoms with Gasteiger partial charge in [0.25, 0.3) is 0 Å². The van der Waals surface area contributed by atoms with Crippen LogP contribution in [-0.2, 0) is 16.1 Å². The molecule has 3 rings (SSSR count). The van der Waals surface area contributed by atoms with Gasteiger partial charge < -0.3 is 10.0 Å². The summed E-state index contributed by atoms with van der Waals surface area (Å²) in [7, 11) is 3.15. The van der Waals surface area contributed by atoms with Crippen molar-refractivity contribution < 1.29 is 14.7 Å². The average molecular weight is 510 g/mol. The second-order valence-electron chi connectivity index (χ2n) is 9.06. The van der Waals surface area contributed by atoms with E-state index in [1.807, 2.05) is 69.3 Å². The monoisotopic (exact) mass is 509 g/mol. The lowest BCUT2D eigenvalue weighted by molar-refractivity contribution is -0.153. The standard InChI is InChI=1S/C24H29N5O3.C2H6N2O/c1-4-5-10-21(30)29(22(16(2)3)24(31)32)15-17-11-13-18(14-12-17)19-8-6-7-9-20(19)23-25-27-28-26-23;1-4(2)3-5/h6-9,11-14,16,22H,4-5,10,15H2,1-3H3,(H,31,32)(H,25,26,27,28);1-2H3. The van der Waals surface area contributed by atoms with Crippen molar-refractivity contribution >= 4 is 11.9 Å². The molecule has 0 saturated heterocycles. The number of H-pyrrole nitrogens is 1. The number of aromatic amines is 1. The van der Waals surface area contributed by atoms with Crippen LogP contribution < -0.4 is 0 Å². The van der Waals surface area contributed by atoms with E-state index in [1.54, 1.807) is 14.1 Å². The van der Waals surface area contributed by atoms with E-state index in [1.165, 1.54) is 9.91 Å². The van der Waals surface area contributed by atoms with E-state index in [4.69, 9.17) is 0 Å². The van der Waals surface area contributed by atoms with E-state index in [-0.39, 0.29) is 18.4 Å². The summed E-state index contributed by atoms with van der Waals surface area (Å²) >= 11 is 0. The molecule has 11 nitrogen and oxygen atoms in total. The summed E-state index contributed by atoms with van der Waals surface area (Å²) in [6, 6.07) is 14.7. The summed E-state index contributed by atoms with van der Waals surface area (Å²) in [5.41, 5.74) is 3.66. The van der Waals surface area contributed by atoms with Gasteiger partial charge in [-0.15, -0.1) is 15.1 Å². The molecule has 1 unspecified atom stereocenters. The van der Waals surface area contributed by atoms with Crippen molar-refractivity contribution in [2.75, 3.05) is 14.1 Å². The molecule has 0 aliphatic heterocycles. The Morgan fingerprint density at radius 3 is 2.16 bits per heavy atom. The van der Waals surface area contributed by atoms with Crippen molar-refractivity contribution in [2.24, 2.45) is 11.2 Å². The maximum atomic E-state index is 12.9. The average Bonchev–Trinajstić information content (AvgIpc) is 3.42. The highest BCUT2D eigenvalue weighted by molar-refractivity contribution is 5.84. The number of nitroso groups, excluding NO2 is 1. The van der Waals surface area contributed by atoms with E-state index in [0.717, 1.165) is 35.1 Å². The maximum Gasteiger partial charge on any atom is 0.326 e. The molecule has 1 heterocycles. The first-order valence-electron chi connectivity index (χ1n) is 12.1. The minimum absolute atomic E-state index is 0.125. The van der Waals surface area contributed by atoms with Crippen LogP contribution in [0, 0.1) is 10.8 Å². The lowest BCUT2D eigenvalue weighted by Crippen LogP contribution is -2.47. The van der Waals surface area contributed by atoms with Crippen LogP contribution in [0.1, 0.15) is 45.6 Å². The molecule has 0 aliphatic carbocycles. The van der Waals surface area contributed by atoms with Crippen molar-refractivity contribution in [3.8, 4) is 22.5 Å². The summed E-state index contributed by atoms with van der Waals surface area (Å²) < 4.78 is 0. The molecule has 2 N–H and O–H groups in total. The number of carboxylic acid groups (broad SMARTS) is 1. The van der Waals surface area contributed by atoms with Crippen molar-refractivity contribution in [1.29, 1.82) is 0 Å². The van der Waals surface area contributed by atoms with Gasteiger partial charge in [-0.2, -0.15) is 5.21 Å². The number of aliphatic carboxylic acids is 1. The van der Waals surface area contributed by atoms with Gasteiger partial charge in [0.05, 0.1) is 5.29 Å². The van der Waals surface area contributed by atoms with E-state index >= 15 is 0 Å². The number of hydrogen-bond acceptors (Lipinski definition) is 7. The molecule has 0 fully saturated rings. The Labute approximate surface area is 216 Å². The van der Waals surface area contributed by atoms with Gasteiger partial charge >= 0.3 is 5.97 Å². The van der Waals surface area contributed by atoms with Crippen LogP contribution in [0.5, 0.6) is 0 Å². The summed E-state index contributed by atoms with van der Waals surface area (Å²) in [5, 5.41) is 27.7. The first-order chi connectivity index (χ1) is 17.7. The smallest absolute Gasteiger partial charge is 0.326 e. The molecule has 1 amide bonds. The van der Waals surface area contributed by atoms with Gasteiger partial charge in [-0.05, 0) is 34.2 Å². The number of carboxylic acids is 1. The molecular weight excluding hydrogens is 474 g/mol. The van der Waals surface area contributed by atoms with E-state index < -0.39 is 12.0 Å². The largest absolute Gasteiger partial charge is 0.480 e. The highest BCUT2D eigenvalue weighted by Gasteiger charge is 2.32. The summed E-state index contributed by atoms with van der Waals surface area (Å²) in [5.74, 6) is -0.784. The second kappa shape index (κ2) is 14.4. The number of rotatable bonds is 11. The molecule has 198 valence electrons. The Morgan fingerprint density at radius 2 is 1.68 bits per heavy atom. The molecule has 2 aromatic carbocycles. The van der Waals surface area contributed by atoms with Crippen molar-refractivity contribution in [1.82, 2.24) is 30.5 Å². The van der Waals surface area contributed by atoms with Gasteiger partial charge in [0.2, 0.25) is 11.7 Å². The lowest BCUT2D eigenvalue weighted by Gasteiger charge is -2.32. The third kappa shape index (κ3) is 8.48. The quantitative estimate of drug-likeness (QED) is 0.286. The summed E-state index contributed by atoms with van der Waals surface area (Å²) in [6.45, 7) is 5.93. The molecule has 0 aliphatic rings. The number of unbranched alkanes of at least 4 members (excludes halogenated alkanes) is 1. The normalized spacial score (nSPS) is 11.3. The molecule has 11 heteroatoms. The van der Waals surface area contributed by atoms with Crippen LogP contribution in [0.25, 0.3) is 22.5 Å². The van der Waals surface area contributed by atoms with Crippen LogP contribution in [0.3, 0.4) is 0 Å². The van der Waals surface area contributed by atoms with Gasteiger partial charge in [0, 0.05) is 32.6 Å². The Kier molecular flexibility index (Phi) is 11.3. The Morgan fingerprint density at radius 1 is 1.05 bits per heavy atom. The van der Waals surface area contributed by atoms with Gasteiger partial charge in [0.15, 0.2) is 0 Å². The number of amides is 1. The number of carbonyl (C=O) groups is 2. The summed E-state index contributed by atoms with van der Waals surface area (Å²) in [6.07, 6.45) is 1.97. The number of carbonyl (C=O) groups excluding carboxylic acids is 1. The minimum Gasteiger partial charge on any atom is -0.480 e. The molecule has 0 saturated carbocycles. The van der Waals surface area contributed by atoms with Crippen molar-refractivity contribution in [3.63, 3.8) is 0 Å². The van der Waals surface area contributed by atoms with Crippen molar-refractivity contribution in [3.05, 3.63) is 59.0 Å². The highest BCUT2D eigenvalue weighted by atomic mass is 16.4. The van der Waals surface area contributed by atoms with Gasteiger partial charge in [0.1, 0.15) is 6.04 Å². The number of hydrogen-bond donors (Lipinski definition) is 2. The molecule has 0 spiro atoms. The van der Waals surface area contributed by atoms with Crippen LogP contribution in [0.15, 0.2) is 53.8 Å². The zero-order valence-corrected chi connectivity index (χ0v) is 22.0. The molecule has 1 aromatic heterocycles. The SMILES string of the molecule is CCCCC(=O)N(Cc1ccc(-c2ccccc2-c2nn[nH]n2)cc1)C(C(=O)O)C(C)C.CN(C)N=O. The number of benzene rings is 2. The fourth-order valence-electron chi connectivity index (χ4n) is 3.78. The second-order valence-corrected chi connectivity index (χ2v) is 9.06. The number of nitrogens with zero attached hydrogens (tertiary/aromatic N) is 6. The van der Waals surface area contributed by atoms with Crippen LogP contribution in [-0.4, -0.2) is 67.7 Å². The predicted octanol–water partition coefficient (Wildman–Crippen LogP) is 4.39. The Hall–Kier alpha value is -4.15. The molecule has 0 radical (unpaired) electrons.